The molecule has 0 saturated heterocycles. The maximum atomic E-state index is 12.4. The Morgan fingerprint density at radius 1 is 1.37 bits per heavy atom. The molecule has 19 heavy (non-hydrogen) atoms. The fourth-order valence-electron chi connectivity index (χ4n) is 1.84. The summed E-state index contributed by atoms with van der Waals surface area (Å²) in [5, 5.41) is 0. The van der Waals surface area contributed by atoms with E-state index in [0.717, 1.165) is 0 Å². The van der Waals surface area contributed by atoms with Crippen LogP contribution in [0.5, 0.6) is 0 Å². The first-order chi connectivity index (χ1) is 9.08. The number of fused-ring (bicyclic) bond motifs is 1. The lowest BCUT2D eigenvalue weighted by Crippen LogP contribution is -2.22. The van der Waals surface area contributed by atoms with Gasteiger partial charge in [-0.2, -0.15) is 4.98 Å². The molecule has 0 aliphatic rings. The molecule has 0 aliphatic heterocycles. The Hall–Kier alpha value is -2.18. The minimum atomic E-state index is -0.0993. The molecular formula is C12H18N6O. The highest BCUT2D eigenvalue weighted by molar-refractivity contribution is 5.71. The largest absolute Gasteiger partial charge is 0.369 e. The molecule has 0 aliphatic carbocycles. The van der Waals surface area contributed by atoms with Gasteiger partial charge in [0.1, 0.15) is 0 Å². The average molecular weight is 262 g/mol. The first-order valence-electron chi connectivity index (χ1n) is 6.24. The van der Waals surface area contributed by atoms with Crippen LogP contribution in [0.25, 0.3) is 11.2 Å². The summed E-state index contributed by atoms with van der Waals surface area (Å²) in [5.41, 5.74) is 0.883. The highest BCUT2D eigenvalue weighted by Gasteiger charge is 2.13. The lowest BCUT2D eigenvalue weighted by Gasteiger charge is -2.08. The number of hydrogen-bond acceptors (Lipinski definition) is 4. The third-order valence-corrected chi connectivity index (χ3v) is 2.77. The second-order valence-electron chi connectivity index (χ2n) is 4.37. The molecule has 0 saturated carbocycles. The van der Waals surface area contributed by atoms with E-state index in [1.54, 1.807) is 26.7 Å². The maximum Gasteiger partial charge on any atom is 0.281 e. The van der Waals surface area contributed by atoms with Crippen LogP contribution in [0.4, 0.5) is 5.95 Å². The van der Waals surface area contributed by atoms with Crippen LogP contribution in [0.2, 0.25) is 0 Å². The Labute approximate surface area is 111 Å². The van der Waals surface area contributed by atoms with Crippen molar-refractivity contribution in [2.45, 2.75) is 26.9 Å². The topological polar surface area (TPSA) is 68.3 Å². The van der Waals surface area contributed by atoms with Crippen molar-refractivity contribution < 1.29 is 0 Å². The lowest BCUT2D eigenvalue weighted by molar-refractivity contribution is 0.639. The summed E-state index contributed by atoms with van der Waals surface area (Å²) < 4.78 is 3.35. The Morgan fingerprint density at radius 3 is 2.68 bits per heavy atom. The minimum Gasteiger partial charge on any atom is -0.369 e. The van der Waals surface area contributed by atoms with Crippen LogP contribution in [0.3, 0.4) is 0 Å². The summed E-state index contributed by atoms with van der Waals surface area (Å²) in [7, 11) is 3.73. The van der Waals surface area contributed by atoms with E-state index in [9.17, 15) is 4.79 Å². The second kappa shape index (κ2) is 5.21. The van der Waals surface area contributed by atoms with Gasteiger partial charge < -0.3 is 9.47 Å². The van der Waals surface area contributed by atoms with Crippen LogP contribution in [0.15, 0.2) is 16.1 Å². The van der Waals surface area contributed by atoms with Crippen LogP contribution < -0.4 is 5.56 Å². The van der Waals surface area contributed by atoms with Gasteiger partial charge in [-0.1, -0.05) is 0 Å². The third kappa shape index (κ3) is 2.35. The molecule has 2 aromatic heterocycles. The predicted molar refractivity (Wildman–Crippen MR) is 75.0 cm³/mol. The summed E-state index contributed by atoms with van der Waals surface area (Å²) >= 11 is 0. The van der Waals surface area contributed by atoms with Gasteiger partial charge in [-0.15, -0.1) is 0 Å². The zero-order chi connectivity index (χ0) is 14.0. The van der Waals surface area contributed by atoms with Gasteiger partial charge in [0.15, 0.2) is 11.2 Å². The molecule has 0 atom stereocenters. The number of aliphatic imine (C=N–C) groups is 1. The van der Waals surface area contributed by atoms with Gasteiger partial charge in [0.25, 0.3) is 5.56 Å². The standard InChI is InChI=1S/C12H18N6O/c1-5-17-8-13-10-9(17)11(19)18(6-2)12(15-10)14-7-16(3)4/h7-8H,5-6H2,1-4H3/b14-7+. The molecule has 7 nitrogen and oxygen atoms in total. The molecule has 2 rings (SSSR count). The lowest BCUT2D eigenvalue weighted by atomic mass is 10.5. The number of hydrogen-bond donors (Lipinski definition) is 0. The average Bonchev–Trinajstić information content (AvgIpc) is 2.79. The number of aryl methyl sites for hydroxylation is 1. The maximum absolute atomic E-state index is 12.4. The van der Waals surface area contributed by atoms with Gasteiger partial charge in [-0.3, -0.25) is 9.36 Å². The first kappa shape index (κ1) is 13.3. The molecule has 2 aromatic rings. The van der Waals surface area contributed by atoms with Crippen molar-refractivity contribution in [3.8, 4) is 0 Å². The van der Waals surface area contributed by atoms with Gasteiger partial charge in [0, 0.05) is 27.2 Å². The second-order valence-corrected chi connectivity index (χ2v) is 4.37. The Balaban J connectivity index is 2.70. The van der Waals surface area contributed by atoms with E-state index in [0.29, 0.717) is 30.2 Å². The van der Waals surface area contributed by atoms with E-state index >= 15 is 0 Å². The van der Waals surface area contributed by atoms with Crippen molar-refractivity contribution in [1.29, 1.82) is 0 Å². The van der Waals surface area contributed by atoms with Crippen molar-refractivity contribution in [1.82, 2.24) is 24.0 Å². The molecule has 0 N–H and O–H groups in total. The monoisotopic (exact) mass is 262 g/mol. The highest BCUT2D eigenvalue weighted by Crippen LogP contribution is 2.12. The summed E-state index contributed by atoms with van der Waals surface area (Å²) in [6.45, 7) is 5.08. The number of aromatic nitrogens is 4. The normalized spacial score (nSPS) is 11.6. The number of imidazole rings is 1. The van der Waals surface area contributed by atoms with E-state index in [1.165, 1.54) is 0 Å². The first-order valence-corrected chi connectivity index (χ1v) is 6.24. The van der Waals surface area contributed by atoms with Gasteiger partial charge in [0.2, 0.25) is 5.95 Å². The smallest absolute Gasteiger partial charge is 0.281 e. The summed E-state index contributed by atoms with van der Waals surface area (Å²) in [5.74, 6) is 0.384. The molecule has 0 fully saturated rings. The molecule has 0 bridgehead atoms. The van der Waals surface area contributed by atoms with E-state index in [1.807, 2.05) is 27.9 Å². The minimum absolute atomic E-state index is 0.0993. The van der Waals surface area contributed by atoms with Gasteiger partial charge in [0.05, 0.1) is 12.7 Å². The molecular weight excluding hydrogens is 244 g/mol. The zero-order valence-corrected chi connectivity index (χ0v) is 11.7. The van der Waals surface area contributed by atoms with E-state index < -0.39 is 0 Å². The zero-order valence-electron chi connectivity index (χ0n) is 11.7. The van der Waals surface area contributed by atoms with Crippen molar-refractivity contribution in [3.63, 3.8) is 0 Å². The summed E-state index contributed by atoms with van der Waals surface area (Å²) in [4.78, 5) is 27.0. The molecule has 0 amide bonds. The van der Waals surface area contributed by atoms with Crippen molar-refractivity contribution in [2.75, 3.05) is 14.1 Å². The molecule has 0 spiro atoms. The highest BCUT2D eigenvalue weighted by atomic mass is 16.1. The summed E-state index contributed by atoms with van der Waals surface area (Å²) in [6.07, 6.45) is 3.26. The third-order valence-electron chi connectivity index (χ3n) is 2.77. The van der Waals surface area contributed by atoms with Crippen LogP contribution in [0.1, 0.15) is 13.8 Å². The van der Waals surface area contributed by atoms with Crippen LogP contribution in [-0.4, -0.2) is 44.4 Å². The Morgan fingerprint density at radius 2 is 2.11 bits per heavy atom. The quantitative estimate of drug-likeness (QED) is 0.605. The molecule has 0 unspecified atom stereocenters. The van der Waals surface area contributed by atoms with Crippen LogP contribution in [-0.2, 0) is 13.1 Å². The predicted octanol–water partition coefficient (Wildman–Crippen LogP) is 0.854. The molecule has 2 heterocycles. The van der Waals surface area contributed by atoms with Gasteiger partial charge in [-0.05, 0) is 13.8 Å². The number of nitrogens with zero attached hydrogens (tertiary/aromatic N) is 6. The van der Waals surface area contributed by atoms with Crippen molar-refractivity contribution in [3.05, 3.63) is 16.7 Å². The van der Waals surface area contributed by atoms with E-state index in [4.69, 9.17) is 0 Å². The van der Waals surface area contributed by atoms with E-state index in [-0.39, 0.29) is 5.56 Å². The van der Waals surface area contributed by atoms with Crippen molar-refractivity contribution >= 4 is 23.5 Å². The molecule has 102 valence electrons. The van der Waals surface area contributed by atoms with Crippen molar-refractivity contribution in [2.24, 2.45) is 4.99 Å². The molecule has 0 aromatic carbocycles. The fraction of sp³-hybridized carbons (Fsp3) is 0.500. The Bertz CT molecular complexity index is 667. The van der Waals surface area contributed by atoms with Crippen LogP contribution in [0, 0.1) is 0 Å². The fourth-order valence-corrected chi connectivity index (χ4v) is 1.84. The summed E-state index contributed by atoms with van der Waals surface area (Å²) in [6, 6.07) is 0. The Kier molecular flexibility index (Phi) is 3.64. The number of rotatable bonds is 4. The molecule has 7 heteroatoms. The van der Waals surface area contributed by atoms with Crippen LogP contribution >= 0.6 is 0 Å². The van der Waals surface area contributed by atoms with Gasteiger partial charge >= 0.3 is 0 Å². The molecule has 0 radical (unpaired) electrons. The van der Waals surface area contributed by atoms with E-state index in [2.05, 4.69) is 15.0 Å². The SMILES string of the molecule is CCn1c(/N=C/N(C)C)nc2ncn(CC)c2c1=O. The van der Waals surface area contributed by atoms with Gasteiger partial charge in [-0.25, -0.2) is 9.98 Å².